The number of carboxylic acid groups (broad SMARTS) is 1. The summed E-state index contributed by atoms with van der Waals surface area (Å²) >= 11 is 2.59. The zero-order valence-electron chi connectivity index (χ0n) is 17.0. The molecule has 3 aromatic rings. The van der Waals surface area contributed by atoms with Crippen LogP contribution in [-0.2, 0) is 17.4 Å². The quantitative estimate of drug-likeness (QED) is 0.383. The van der Waals surface area contributed by atoms with Gasteiger partial charge < -0.3 is 10.4 Å². The predicted molar refractivity (Wildman–Crippen MR) is 122 cm³/mol. The third-order valence-corrected chi connectivity index (χ3v) is 6.40. The van der Waals surface area contributed by atoms with E-state index in [4.69, 9.17) is 0 Å². The molecular formula is C20H20ClF3N4O2S2. The summed E-state index contributed by atoms with van der Waals surface area (Å²) in [5.41, 5.74) is 0.971. The van der Waals surface area contributed by atoms with Crippen molar-refractivity contribution < 1.29 is 23.1 Å². The van der Waals surface area contributed by atoms with Crippen molar-refractivity contribution in [3.63, 3.8) is 0 Å². The number of carbonyl (C=O) groups is 1. The van der Waals surface area contributed by atoms with Crippen LogP contribution in [0.3, 0.4) is 0 Å². The molecule has 32 heavy (non-hydrogen) atoms. The standard InChI is InChI=1S/C20H19F3N4O2S2.ClH/c1-19(2,16(28)29)31-18-27-15(11-30-18)6-7-24-17-25-9-13(10-26-17)12-4-3-5-14(8-12)20(21,22)23;/h3-5,8-11H,6-7H2,1-2H3,(H,28,29)(H,24,25,26);1H. The van der Waals surface area contributed by atoms with Gasteiger partial charge in [0.1, 0.15) is 4.75 Å². The second-order valence-electron chi connectivity index (χ2n) is 7.07. The minimum absolute atomic E-state index is 0. The predicted octanol–water partition coefficient (Wildman–Crippen LogP) is 5.65. The van der Waals surface area contributed by atoms with Crippen LogP contribution in [0.15, 0.2) is 46.4 Å². The van der Waals surface area contributed by atoms with Crippen molar-refractivity contribution >= 4 is 47.4 Å². The van der Waals surface area contributed by atoms with Crippen molar-refractivity contribution in [3.8, 4) is 11.1 Å². The number of carboxylic acids is 1. The highest BCUT2D eigenvalue weighted by atomic mass is 35.5. The summed E-state index contributed by atoms with van der Waals surface area (Å²) in [6.07, 6.45) is -0.883. The lowest BCUT2D eigenvalue weighted by Crippen LogP contribution is -2.26. The number of alkyl halides is 3. The molecule has 6 nitrogen and oxygen atoms in total. The molecule has 0 aliphatic rings. The van der Waals surface area contributed by atoms with E-state index in [9.17, 15) is 23.1 Å². The lowest BCUT2D eigenvalue weighted by atomic mass is 10.1. The normalized spacial score (nSPS) is 11.7. The third-order valence-electron chi connectivity index (χ3n) is 4.23. The summed E-state index contributed by atoms with van der Waals surface area (Å²) in [5, 5.41) is 14.1. The molecule has 172 valence electrons. The van der Waals surface area contributed by atoms with Crippen molar-refractivity contribution in [2.45, 2.75) is 35.5 Å². The second-order valence-corrected chi connectivity index (χ2v) is 9.80. The van der Waals surface area contributed by atoms with Crippen molar-refractivity contribution in [1.29, 1.82) is 0 Å². The number of benzene rings is 1. The molecule has 0 aliphatic carbocycles. The van der Waals surface area contributed by atoms with Gasteiger partial charge in [0, 0.05) is 36.3 Å². The van der Waals surface area contributed by atoms with Gasteiger partial charge in [0.2, 0.25) is 5.95 Å². The molecule has 0 fully saturated rings. The van der Waals surface area contributed by atoms with Gasteiger partial charge in [-0.3, -0.25) is 4.79 Å². The molecule has 0 radical (unpaired) electrons. The fraction of sp³-hybridized carbons (Fsp3) is 0.300. The largest absolute Gasteiger partial charge is 0.480 e. The van der Waals surface area contributed by atoms with E-state index in [2.05, 4.69) is 20.3 Å². The van der Waals surface area contributed by atoms with Crippen molar-refractivity contribution in [2.75, 3.05) is 11.9 Å². The number of aliphatic carboxylic acids is 1. The third kappa shape index (κ3) is 6.81. The highest BCUT2D eigenvalue weighted by molar-refractivity contribution is 8.02. The number of nitrogens with zero attached hydrogens (tertiary/aromatic N) is 3. The molecule has 0 spiro atoms. The monoisotopic (exact) mass is 504 g/mol. The smallest absolute Gasteiger partial charge is 0.416 e. The van der Waals surface area contributed by atoms with Gasteiger partial charge in [0.15, 0.2) is 4.34 Å². The minimum atomic E-state index is -4.41. The van der Waals surface area contributed by atoms with Crippen LogP contribution in [0.2, 0.25) is 0 Å². The van der Waals surface area contributed by atoms with Gasteiger partial charge in [-0.05, 0) is 31.5 Å². The van der Waals surface area contributed by atoms with Gasteiger partial charge in [0.25, 0.3) is 0 Å². The number of aromatic nitrogens is 3. The Hall–Kier alpha value is -2.37. The van der Waals surface area contributed by atoms with E-state index in [-0.39, 0.29) is 12.4 Å². The number of rotatable bonds is 8. The number of anilines is 1. The fourth-order valence-corrected chi connectivity index (χ4v) is 4.68. The van der Waals surface area contributed by atoms with Gasteiger partial charge in [0.05, 0.1) is 11.3 Å². The number of thioether (sulfide) groups is 1. The maximum absolute atomic E-state index is 12.9. The molecule has 3 rings (SSSR count). The van der Waals surface area contributed by atoms with E-state index in [1.54, 1.807) is 19.9 Å². The lowest BCUT2D eigenvalue weighted by molar-refractivity contribution is -0.139. The first-order valence-corrected chi connectivity index (χ1v) is 10.8. The van der Waals surface area contributed by atoms with E-state index in [1.165, 1.54) is 41.6 Å². The number of nitrogens with one attached hydrogen (secondary N) is 1. The van der Waals surface area contributed by atoms with Gasteiger partial charge >= 0.3 is 12.1 Å². The van der Waals surface area contributed by atoms with Gasteiger partial charge in [-0.2, -0.15) is 13.2 Å². The molecule has 0 saturated heterocycles. The molecule has 0 saturated carbocycles. The highest BCUT2D eigenvalue weighted by Gasteiger charge is 2.31. The summed E-state index contributed by atoms with van der Waals surface area (Å²) in [6, 6.07) is 5.01. The molecule has 0 unspecified atom stereocenters. The van der Waals surface area contributed by atoms with E-state index in [0.717, 1.165) is 17.8 Å². The summed E-state index contributed by atoms with van der Waals surface area (Å²) in [4.78, 5) is 24.0. The molecule has 1 aromatic carbocycles. The Bertz CT molecular complexity index is 1060. The number of thiazole rings is 1. The average molecular weight is 505 g/mol. The molecule has 0 bridgehead atoms. The second kappa shape index (κ2) is 10.5. The zero-order chi connectivity index (χ0) is 22.6. The molecule has 2 aromatic heterocycles. The van der Waals surface area contributed by atoms with Gasteiger partial charge in [-0.25, -0.2) is 15.0 Å². The van der Waals surface area contributed by atoms with Crippen molar-refractivity contribution in [2.24, 2.45) is 0 Å². The SMILES string of the molecule is CC(C)(Sc1nc(CCNc2ncc(-c3cccc(C(F)(F)F)c3)cn2)cs1)C(=O)O.Cl. The van der Waals surface area contributed by atoms with Crippen LogP contribution in [0.5, 0.6) is 0 Å². The van der Waals surface area contributed by atoms with E-state index >= 15 is 0 Å². The first kappa shape index (κ1) is 25.9. The van der Waals surface area contributed by atoms with Crippen LogP contribution < -0.4 is 5.32 Å². The highest BCUT2D eigenvalue weighted by Crippen LogP contribution is 2.35. The van der Waals surface area contributed by atoms with Gasteiger partial charge in [-0.15, -0.1) is 23.7 Å². The van der Waals surface area contributed by atoms with Crippen molar-refractivity contribution in [3.05, 3.63) is 53.3 Å². The summed E-state index contributed by atoms with van der Waals surface area (Å²) < 4.78 is 38.3. The molecule has 0 atom stereocenters. The topological polar surface area (TPSA) is 88.0 Å². The first-order valence-electron chi connectivity index (χ1n) is 9.15. The number of halogens is 4. The molecular weight excluding hydrogens is 485 g/mol. The van der Waals surface area contributed by atoms with E-state index < -0.39 is 22.5 Å². The maximum Gasteiger partial charge on any atom is 0.416 e. The molecule has 12 heteroatoms. The summed E-state index contributed by atoms with van der Waals surface area (Å²) in [5.74, 6) is -0.547. The Morgan fingerprint density at radius 3 is 2.50 bits per heavy atom. The van der Waals surface area contributed by atoms with Crippen LogP contribution in [-0.4, -0.2) is 37.3 Å². The van der Waals surface area contributed by atoms with E-state index in [0.29, 0.717) is 34.4 Å². The summed E-state index contributed by atoms with van der Waals surface area (Å²) in [7, 11) is 0. The van der Waals surface area contributed by atoms with Crippen LogP contribution in [0.25, 0.3) is 11.1 Å². The number of hydrogen-bond acceptors (Lipinski definition) is 7. The zero-order valence-corrected chi connectivity index (χ0v) is 19.5. The van der Waals surface area contributed by atoms with Crippen LogP contribution in [0, 0.1) is 0 Å². The van der Waals surface area contributed by atoms with E-state index in [1.807, 2.05) is 5.38 Å². The first-order chi connectivity index (χ1) is 14.5. The molecule has 2 heterocycles. The Morgan fingerprint density at radius 2 is 1.88 bits per heavy atom. The fourth-order valence-electron chi connectivity index (χ4n) is 2.46. The maximum atomic E-state index is 12.9. The average Bonchev–Trinajstić information content (AvgIpc) is 3.14. The number of hydrogen-bond donors (Lipinski definition) is 2. The Balaban J connectivity index is 0.00000363. The Kier molecular flexibility index (Phi) is 8.49. The summed E-state index contributed by atoms with van der Waals surface area (Å²) in [6.45, 7) is 3.76. The van der Waals surface area contributed by atoms with Crippen LogP contribution in [0.4, 0.5) is 19.1 Å². The minimum Gasteiger partial charge on any atom is -0.480 e. The lowest BCUT2D eigenvalue weighted by Gasteiger charge is -2.15. The van der Waals surface area contributed by atoms with Gasteiger partial charge in [-0.1, -0.05) is 23.9 Å². The van der Waals surface area contributed by atoms with Crippen LogP contribution >= 0.6 is 35.5 Å². The molecule has 0 aliphatic heterocycles. The Labute approximate surface area is 197 Å². The molecule has 0 amide bonds. The Morgan fingerprint density at radius 1 is 1.19 bits per heavy atom. The van der Waals surface area contributed by atoms with Crippen molar-refractivity contribution in [1.82, 2.24) is 15.0 Å². The van der Waals surface area contributed by atoms with Crippen LogP contribution in [0.1, 0.15) is 25.1 Å². The molecule has 2 N–H and O–H groups in total.